The standard InChI is InChI=1S/C17H18N2OS/c1-19(11-12-5-4-7-14(18)9-12)17(20)16-10-13-6-2-3-8-15(13)21-16/h2-9,16H,10-11,18H2,1H3. The number of benzene rings is 2. The van der Waals surface area contributed by atoms with Gasteiger partial charge in [0.25, 0.3) is 0 Å². The molecule has 4 heteroatoms. The topological polar surface area (TPSA) is 46.3 Å². The highest BCUT2D eigenvalue weighted by atomic mass is 32.2. The first kappa shape index (κ1) is 14.0. The van der Waals surface area contributed by atoms with Crippen LogP contribution in [-0.2, 0) is 17.8 Å². The second kappa shape index (κ2) is 5.82. The summed E-state index contributed by atoms with van der Waals surface area (Å²) >= 11 is 1.67. The van der Waals surface area contributed by atoms with Gasteiger partial charge in [-0.05, 0) is 35.7 Å². The third-order valence-electron chi connectivity index (χ3n) is 3.67. The van der Waals surface area contributed by atoms with Crippen LogP contribution in [-0.4, -0.2) is 23.1 Å². The van der Waals surface area contributed by atoms with Gasteiger partial charge in [0, 0.05) is 24.2 Å². The van der Waals surface area contributed by atoms with E-state index in [1.54, 1.807) is 16.7 Å². The molecule has 1 unspecified atom stereocenters. The van der Waals surface area contributed by atoms with E-state index >= 15 is 0 Å². The molecule has 0 spiro atoms. The zero-order valence-electron chi connectivity index (χ0n) is 12.0. The number of carbonyl (C=O) groups is 1. The van der Waals surface area contributed by atoms with Crippen LogP contribution in [0.25, 0.3) is 0 Å². The van der Waals surface area contributed by atoms with Crippen molar-refractivity contribution in [2.45, 2.75) is 23.1 Å². The van der Waals surface area contributed by atoms with Gasteiger partial charge < -0.3 is 10.6 Å². The Morgan fingerprint density at radius 2 is 2.10 bits per heavy atom. The van der Waals surface area contributed by atoms with Crippen LogP contribution in [0.15, 0.2) is 53.4 Å². The van der Waals surface area contributed by atoms with Crippen molar-refractivity contribution in [1.29, 1.82) is 0 Å². The molecule has 2 aromatic rings. The van der Waals surface area contributed by atoms with Crippen LogP contribution in [0, 0.1) is 0 Å². The van der Waals surface area contributed by atoms with Crippen LogP contribution in [0.1, 0.15) is 11.1 Å². The molecule has 2 N–H and O–H groups in total. The van der Waals surface area contributed by atoms with Crippen molar-refractivity contribution < 1.29 is 4.79 Å². The fourth-order valence-corrected chi connectivity index (χ4v) is 3.92. The van der Waals surface area contributed by atoms with Crippen LogP contribution in [0.2, 0.25) is 0 Å². The number of nitrogens with zero attached hydrogens (tertiary/aromatic N) is 1. The number of fused-ring (bicyclic) bond motifs is 1. The van der Waals surface area contributed by atoms with E-state index in [4.69, 9.17) is 5.73 Å². The van der Waals surface area contributed by atoms with Crippen molar-refractivity contribution in [2.75, 3.05) is 12.8 Å². The van der Waals surface area contributed by atoms with Crippen LogP contribution >= 0.6 is 11.8 Å². The minimum atomic E-state index is -0.00606. The molecule has 3 nitrogen and oxygen atoms in total. The predicted molar refractivity (Wildman–Crippen MR) is 87.1 cm³/mol. The lowest BCUT2D eigenvalue weighted by molar-refractivity contribution is -0.129. The molecule has 1 atom stereocenters. The summed E-state index contributed by atoms with van der Waals surface area (Å²) in [6.45, 7) is 0.595. The molecule has 21 heavy (non-hydrogen) atoms. The second-order valence-electron chi connectivity index (χ2n) is 5.36. The lowest BCUT2D eigenvalue weighted by atomic mass is 10.1. The lowest BCUT2D eigenvalue weighted by Crippen LogP contribution is -2.34. The van der Waals surface area contributed by atoms with E-state index in [0.717, 1.165) is 17.7 Å². The van der Waals surface area contributed by atoms with Gasteiger partial charge in [-0.3, -0.25) is 4.79 Å². The first-order chi connectivity index (χ1) is 10.1. The molecule has 1 amide bonds. The number of hydrogen-bond donors (Lipinski definition) is 1. The minimum Gasteiger partial charge on any atom is -0.399 e. The molecule has 108 valence electrons. The fraction of sp³-hybridized carbons (Fsp3) is 0.235. The fourth-order valence-electron chi connectivity index (χ4n) is 2.61. The van der Waals surface area contributed by atoms with Crippen LogP contribution < -0.4 is 5.73 Å². The summed E-state index contributed by atoms with van der Waals surface area (Å²) in [5.41, 5.74) is 8.85. The molecule has 1 heterocycles. The maximum atomic E-state index is 12.6. The SMILES string of the molecule is CN(Cc1cccc(N)c1)C(=O)C1Cc2ccccc2S1. The molecule has 0 radical (unpaired) electrons. The van der Waals surface area contributed by atoms with Crippen molar-refractivity contribution >= 4 is 23.4 Å². The van der Waals surface area contributed by atoms with E-state index in [9.17, 15) is 4.79 Å². The zero-order valence-corrected chi connectivity index (χ0v) is 12.8. The largest absolute Gasteiger partial charge is 0.399 e. The number of hydrogen-bond acceptors (Lipinski definition) is 3. The maximum absolute atomic E-state index is 12.6. The molecule has 0 fully saturated rings. The molecule has 0 aliphatic carbocycles. The highest BCUT2D eigenvalue weighted by Gasteiger charge is 2.29. The Bertz CT molecular complexity index is 646. The molecule has 1 aliphatic rings. The van der Waals surface area contributed by atoms with Crippen LogP contribution in [0.5, 0.6) is 0 Å². The Hall–Kier alpha value is -1.94. The first-order valence-electron chi connectivity index (χ1n) is 6.97. The normalized spacial score (nSPS) is 16.5. The monoisotopic (exact) mass is 298 g/mol. The summed E-state index contributed by atoms with van der Waals surface area (Å²) in [4.78, 5) is 15.6. The van der Waals surface area contributed by atoms with Gasteiger partial charge >= 0.3 is 0 Å². The molecular formula is C17H18N2OS. The molecular weight excluding hydrogens is 280 g/mol. The van der Waals surface area contributed by atoms with E-state index in [0.29, 0.717) is 6.54 Å². The van der Waals surface area contributed by atoms with E-state index < -0.39 is 0 Å². The third-order valence-corrected chi connectivity index (χ3v) is 4.97. The van der Waals surface area contributed by atoms with Crippen molar-refractivity contribution in [2.24, 2.45) is 0 Å². The van der Waals surface area contributed by atoms with Gasteiger partial charge in [0.2, 0.25) is 5.91 Å². The van der Waals surface area contributed by atoms with E-state index in [1.807, 2.05) is 43.4 Å². The average Bonchev–Trinajstić information content (AvgIpc) is 2.90. The third kappa shape index (κ3) is 3.05. The van der Waals surface area contributed by atoms with E-state index in [1.165, 1.54) is 10.5 Å². The Labute approximate surface area is 129 Å². The smallest absolute Gasteiger partial charge is 0.236 e. The summed E-state index contributed by atoms with van der Waals surface area (Å²) in [6.07, 6.45) is 0.820. The number of thioether (sulfide) groups is 1. The number of carbonyl (C=O) groups excluding carboxylic acids is 1. The highest BCUT2D eigenvalue weighted by Crippen LogP contribution is 2.37. The molecule has 2 aromatic carbocycles. The first-order valence-corrected chi connectivity index (χ1v) is 7.85. The number of rotatable bonds is 3. The summed E-state index contributed by atoms with van der Waals surface area (Å²) < 4.78 is 0. The summed E-state index contributed by atoms with van der Waals surface area (Å²) in [6, 6.07) is 15.9. The summed E-state index contributed by atoms with van der Waals surface area (Å²) in [5.74, 6) is 0.179. The Kier molecular flexibility index (Phi) is 3.88. The summed E-state index contributed by atoms with van der Waals surface area (Å²) in [7, 11) is 1.86. The Morgan fingerprint density at radius 1 is 1.29 bits per heavy atom. The van der Waals surface area contributed by atoms with Crippen LogP contribution in [0.4, 0.5) is 5.69 Å². The van der Waals surface area contributed by atoms with Crippen LogP contribution in [0.3, 0.4) is 0 Å². The van der Waals surface area contributed by atoms with Crippen molar-refractivity contribution in [1.82, 2.24) is 4.90 Å². The molecule has 3 rings (SSSR count). The quantitative estimate of drug-likeness (QED) is 0.886. The van der Waals surface area contributed by atoms with Gasteiger partial charge in [-0.25, -0.2) is 0 Å². The van der Waals surface area contributed by atoms with Crippen molar-refractivity contribution in [3.63, 3.8) is 0 Å². The number of anilines is 1. The molecule has 0 aromatic heterocycles. The molecule has 1 aliphatic heterocycles. The minimum absolute atomic E-state index is 0.00606. The van der Waals surface area contributed by atoms with E-state index in [-0.39, 0.29) is 11.2 Å². The van der Waals surface area contributed by atoms with Gasteiger partial charge in [-0.2, -0.15) is 0 Å². The molecule has 0 saturated heterocycles. The summed E-state index contributed by atoms with van der Waals surface area (Å²) in [5, 5.41) is -0.00606. The van der Waals surface area contributed by atoms with Gasteiger partial charge in [0.05, 0.1) is 5.25 Å². The van der Waals surface area contributed by atoms with Crippen molar-refractivity contribution in [3.05, 3.63) is 59.7 Å². The van der Waals surface area contributed by atoms with Gasteiger partial charge in [0.15, 0.2) is 0 Å². The highest BCUT2D eigenvalue weighted by molar-refractivity contribution is 8.01. The Balaban J connectivity index is 1.66. The Morgan fingerprint density at radius 3 is 2.86 bits per heavy atom. The maximum Gasteiger partial charge on any atom is 0.236 e. The second-order valence-corrected chi connectivity index (χ2v) is 6.60. The average molecular weight is 298 g/mol. The van der Waals surface area contributed by atoms with Gasteiger partial charge in [-0.1, -0.05) is 30.3 Å². The predicted octanol–water partition coefficient (Wildman–Crippen LogP) is 2.94. The number of amides is 1. The molecule has 0 bridgehead atoms. The van der Waals surface area contributed by atoms with Gasteiger partial charge in [0.1, 0.15) is 0 Å². The zero-order chi connectivity index (χ0) is 14.8. The van der Waals surface area contributed by atoms with E-state index in [2.05, 4.69) is 12.1 Å². The lowest BCUT2D eigenvalue weighted by Gasteiger charge is -2.20. The van der Waals surface area contributed by atoms with Crippen molar-refractivity contribution in [3.8, 4) is 0 Å². The van der Waals surface area contributed by atoms with Gasteiger partial charge in [-0.15, -0.1) is 11.8 Å². The number of nitrogens with two attached hydrogens (primary N) is 1. The number of nitrogen functional groups attached to an aromatic ring is 1. The molecule has 0 saturated carbocycles.